The first-order valence-electron chi connectivity index (χ1n) is 9.94. The number of carbonyl (C=O) groups is 1. The number of hydrogen-bond acceptors (Lipinski definition) is 5. The molecule has 1 atom stereocenters. The predicted molar refractivity (Wildman–Crippen MR) is 121 cm³/mol. The third-order valence-corrected chi connectivity index (χ3v) is 4.80. The Kier molecular flexibility index (Phi) is 9.06. The zero-order chi connectivity index (χ0) is 22.7. The number of carboxylic acid groups (broad SMARTS) is 1. The van der Waals surface area contributed by atoms with E-state index in [0.29, 0.717) is 11.1 Å². The molecule has 3 N–H and O–H groups in total. The van der Waals surface area contributed by atoms with E-state index in [9.17, 15) is 15.0 Å². The van der Waals surface area contributed by atoms with Crippen LogP contribution in [0.2, 0.25) is 0 Å². The van der Waals surface area contributed by atoms with Crippen LogP contribution in [0, 0.1) is 0 Å². The number of aliphatic hydroxyl groups excluding tert-OH is 1. The van der Waals surface area contributed by atoms with Gasteiger partial charge in [-0.15, -0.1) is 0 Å². The van der Waals surface area contributed by atoms with Gasteiger partial charge in [0.1, 0.15) is 5.75 Å². The van der Waals surface area contributed by atoms with Crippen molar-refractivity contribution < 1.29 is 24.5 Å². The number of methoxy groups -OCH3 is 2. The molecule has 0 aromatic heterocycles. The van der Waals surface area contributed by atoms with Gasteiger partial charge < -0.3 is 25.0 Å². The summed E-state index contributed by atoms with van der Waals surface area (Å²) in [6, 6.07) is 25.6. The number of rotatable bonds is 8. The number of aliphatic hydroxyl groups is 1. The largest absolute Gasteiger partial charge is 0.497 e. The van der Waals surface area contributed by atoms with Crippen molar-refractivity contribution in [3.05, 3.63) is 96.1 Å². The molecule has 0 heterocycles. The first kappa shape index (κ1) is 23.9. The number of hydrogen-bond donors (Lipinski definition) is 3. The molecule has 0 spiro atoms. The molecular formula is C25H29NO5. The van der Waals surface area contributed by atoms with E-state index < -0.39 is 17.7 Å². The molecular weight excluding hydrogens is 394 g/mol. The molecule has 0 unspecified atom stereocenters. The highest BCUT2D eigenvalue weighted by Gasteiger charge is 2.45. The van der Waals surface area contributed by atoms with Crippen LogP contribution in [0.1, 0.15) is 18.1 Å². The smallest absolute Gasteiger partial charge is 0.336 e. The van der Waals surface area contributed by atoms with Gasteiger partial charge in [0, 0.05) is 25.4 Å². The minimum atomic E-state index is -1.71. The topological polar surface area (TPSA) is 88.0 Å². The van der Waals surface area contributed by atoms with Gasteiger partial charge in [0.15, 0.2) is 11.7 Å². The maximum Gasteiger partial charge on any atom is 0.336 e. The van der Waals surface area contributed by atoms with Crippen LogP contribution in [-0.4, -0.2) is 43.1 Å². The minimum Gasteiger partial charge on any atom is -0.497 e. The maximum atomic E-state index is 11.3. The third-order valence-electron chi connectivity index (χ3n) is 4.80. The highest BCUT2D eigenvalue weighted by molar-refractivity contribution is 5.75. The average molecular weight is 424 g/mol. The van der Waals surface area contributed by atoms with E-state index in [4.69, 9.17) is 9.47 Å². The molecule has 6 nitrogen and oxygen atoms in total. The van der Waals surface area contributed by atoms with Crippen molar-refractivity contribution in [2.75, 3.05) is 26.1 Å². The van der Waals surface area contributed by atoms with Crippen LogP contribution in [0.3, 0.4) is 0 Å². The maximum absolute atomic E-state index is 11.3. The van der Waals surface area contributed by atoms with E-state index in [-0.39, 0.29) is 0 Å². The first-order valence-corrected chi connectivity index (χ1v) is 9.94. The van der Waals surface area contributed by atoms with E-state index >= 15 is 0 Å². The van der Waals surface area contributed by atoms with E-state index in [1.807, 2.05) is 36.4 Å². The fourth-order valence-electron chi connectivity index (χ4n) is 3.31. The number of anilines is 1. The molecule has 0 saturated heterocycles. The van der Waals surface area contributed by atoms with Crippen molar-refractivity contribution in [2.24, 2.45) is 0 Å². The van der Waals surface area contributed by atoms with Crippen LogP contribution < -0.4 is 10.1 Å². The molecule has 0 aliphatic rings. The van der Waals surface area contributed by atoms with Crippen LogP contribution in [0.5, 0.6) is 5.75 Å². The first-order chi connectivity index (χ1) is 15.0. The SMILES string of the molecule is CCNc1cccc(OC)c1.COC(c1ccccc1)(c1ccccc1)[C@H](O)C(=O)O. The quantitative estimate of drug-likeness (QED) is 0.505. The second-order valence-electron chi connectivity index (χ2n) is 6.67. The highest BCUT2D eigenvalue weighted by atomic mass is 16.5. The van der Waals surface area contributed by atoms with Crippen molar-refractivity contribution in [2.45, 2.75) is 18.6 Å². The Labute approximate surface area is 183 Å². The van der Waals surface area contributed by atoms with Crippen molar-refractivity contribution in [1.82, 2.24) is 0 Å². The Morgan fingerprint density at radius 1 is 0.935 bits per heavy atom. The summed E-state index contributed by atoms with van der Waals surface area (Å²) in [6.45, 7) is 3.01. The lowest BCUT2D eigenvalue weighted by Gasteiger charge is -2.35. The molecule has 6 heteroatoms. The molecule has 31 heavy (non-hydrogen) atoms. The Hall–Kier alpha value is -3.35. The number of nitrogens with one attached hydrogen (secondary N) is 1. The molecule has 0 bridgehead atoms. The molecule has 3 aromatic rings. The molecule has 0 aliphatic carbocycles. The van der Waals surface area contributed by atoms with Crippen LogP contribution >= 0.6 is 0 Å². The van der Waals surface area contributed by atoms with Crippen molar-refractivity contribution in [3.8, 4) is 5.75 Å². The molecule has 0 saturated carbocycles. The van der Waals surface area contributed by atoms with Gasteiger partial charge >= 0.3 is 5.97 Å². The highest BCUT2D eigenvalue weighted by Crippen LogP contribution is 2.36. The van der Waals surface area contributed by atoms with Gasteiger partial charge in [0.2, 0.25) is 0 Å². The normalized spacial score (nSPS) is 11.6. The summed E-state index contributed by atoms with van der Waals surface area (Å²) in [7, 11) is 3.07. The molecule has 0 aliphatic heterocycles. The minimum absolute atomic E-state index is 0.587. The standard InChI is InChI=1S/C16H16O4.C9H13NO/c1-20-16(14(17)15(18)19,12-8-4-2-5-9-12)13-10-6-3-7-11-13;1-3-10-8-5-4-6-9(7-8)11-2/h2-11,14,17H,1H3,(H,18,19);4-7,10H,3H2,1-2H3/t14-;/m1./s1. The van der Waals surface area contributed by atoms with E-state index in [1.165, 1.54) is 7.11 Å². The number of benzene rings is 3. The van der Waals surface area contributed by atoms with Crippen molar-refractivity contribution in [1.29, 1.82) is 0 Å². The zero-order valence-electron chi connectivity index (χ0n) is 18.0. The summed E-state index contributed by atoms with van der Waals surface area (Å²) in [4.78, 5) is 11.3. The summed E-state index contributed by atoms with van der Waals surface area (Å²) in [6.07, 6.45) is -1.71. The molecule has 164 valence electrons. The van der Waals surface area contributed by atoms with Crippen molar-refractivity contribution >= 4 is 11.7 Å². The van der Waals surface area contributed by atoms with E-state index in [2.05, 4.69) is 12.2 Å². The van der Waals surface area contributed by atoms with Gasteiger partial charge in [-0.2, -0.15) is 0 Å². The fourth-order valence-corrected chi connectivity index (χ4v) is 3.31. The van der Waals surface area contributed by atoms with Crippen LogP contribution in [-0.2, 0) is 15.1 Å². The molecule has 0 amide bonds. The van der Waals surface area contributed by atoms with Gasteiger partial charge in [0.05, 0.1) is 7.11 Å². The Morgan fingerprint density at radius 3 is 1.90 bits per heavy atom. The summed E-state index contributed by atoms with van der Waals surface area (Å²) in [5.74, 6) is -0.442. The number of carboxylic acids is 1. The fraction of sp³-hybridized carbons (Fsp3) is 0.240. The predicted octanol–water partition coefficient (Wildman–Crippen LogP) is 4.15. The number of ether oxygens (including phenoxy) is 2. The van der Waals surface area contributed by atoms with Gasteiger partial charge in [-0.1, -0.05) is 66.7 Å². The van der Waals surface area contributed by atoms with Crippen LogP contribution in [0.4, 0.5) is 5.69 Å². The van der Waals surface area contributed by atoms with Gasteiger partial charge in [-0.05, 0) is 30.2 Å². The Bertz CT molecular complexity index is 891. The summed E-state index contributed by atoms with van der Waals surface area (Å²) in [5.41, 5.74) is 0.841. The summed E-state index contributed by atoms with van der Waals surface area (Å²) in [5, 5.41) is 22.7. The Balaban J connectivity index is 0.000000262. The van der Waals surface area contributed by atoms with E-state index in [1.54, 1.807) is 55.6 Å². The van der Waals surface area contributed by atoms with Crippen LogP contribution in [0.15, 0.2) is 84.9 Å². The monoisotopic (exact) mass is 423 g/mol. The molecule has 3 aromatic carbocycles. The van der Waals surface area contributed by atoms with Gasteiger partial charge in [0.25, 0.3) is 0 Å². The third kappa shape index (κ3) is 5.84. The lowest BCUT2D eigenvalue weighted by atomic mass is 9.81. The van der Waals surface area contributed by atoms with E-state index in [0.717, 1.165) is 18.0 Å². The number of aliphatic carboxylic acids is 1. The molecule has 3 rings (SSSR count). The van der Waals surface area contributed by atoms with Gasteiger partial charge in [-0.25, -0.2) is 4.79 Å². The lowest BCUT2D eigenvalue weighted by molar-refractivity contribution is -0.163. The lowest BCUT2D eigenvalue weighted by Crippen LogP contribution is -2.47. The zero-order valence-corrected chi connectivity index (χ0v) is 18.0. The Morgan fingerprint density at radius 2 is 1.48 bits per heavy atom. The summed E-state index contributed by atoms with van der Waals surface area (Å²) < 4.78 is 10.6. The average Bonchev–Trinajstić information content (AvgIpc) is 2.82. The molecule has 0 radical (unpaired) electrons. The second-order valence-corrected chi connectivity index (χ2v) is 6.67. The van der Waals surface area contributed by atoms with Crippen LogP contribution in [0.25, 0.3) is 0 Å². The van der Waals surface area contributed by atoms with Crippen molar-refractivity contribution in [3.63, 3.8) is 0 Å². The second kappa shape index (κ2) is 11.7. The summed E-state index contributed by atoms with van der Waals surface area (Å²) >= 11 is 0. The van der Waals surface area contributed by atoms with Gasteiger partial charge in [-0.3, -0.25) is 0 Å². The molecule has 0 fully saturated rings.